The molecule has 1 unspecified atom stereocenters. The minimum Gasteiger partial charge on any atom is -0.507 e. The summed E-state index contributed by atoms with van der Waals surface area (Å²) in [5.41, 5.74) is 2.71. The molecule has 182 valence electrons. The fourth-order valence-corrected chi connectivity index (χ4v) is 5.84. The van der Waals surface area contributed by atoms with Gasteiger partial charge in [0.15, 0.2) is 5.13 Å². The molecule has 2 heterocycles. The average molecular weight is 565 g/mol. The van der Waals surface area contributed by atoms with E-state index in [9.17, 15) is 14.7 Å². The van der Waals surface area contributed by atoms with Crippen molar-refractivity contribution < 1.29 is 24.2 Å². The molecule has 1 N–H and O–H groups in total. The van der Waals surface area contributed by atoms with Crippen molar-refractivity contribution in [2.45, 2.75) is 13.0 Å². The molecule has 4 aromatic rings. The monoisotopic (exact) mass is 564 g/mol. The maximum Gasteiger partial charge on any atom is 0.301 e. The van der Waals surface area contributed by atoms with Crippen LogP contribution in [0.25, 0.3) is 16.0 Å². The van der Waals surface area contributed by atoms with E-state index >= 15 is 0 Å². The van der Waals surface area contributed by atoms with Gasteiger partial charge < -0.3 is 14.6 Å². The molecular weight excluding hydrogens is 544 g/mol. The van der Waals surface area contributed by atoms with Gasteiger partial charge in [-0.05, 0) is 64.8 Å². The summed E-state index contributed by atoms with van der Waals surface area (Å²) >= 11 is 4.70. The van der Waals surface area contributed by atoms with Crippen molar-refractivity contribution >= 4 is 60.1 Å². The van der Waals surface area contributed by atoms with Gasteiger partial charge in [-0.1, -0.05) is 41.2 Å². The summed E-state index contributed by atoms with van der Waals surface area (Å²) in [6.45, 7) is 1.93. The number of anilines is 1. The number of aryl methyl sites for hydroxylation is 1. The van der Waals surface area contributed by atoms with E-state index in [4.69, 9.17) is 9.47 Å². The number of ether oxygens (including phenoxy) is 2. The minimum absolute atomic E-state index is 0.000460. The molecule has 3 aromatic carbocycles. The molecule has 1 saturated heterocycles. The number of amides is 1. The molecular formula is C27H21BrN2O5S. The lowest BCUT2D eigenvalue weighted by atomic mass is 9.94. The van der Waals surface area contributed by atoms with Crippen LogP contribution in [0, 0.1) is 6.92 Å². The van der Waals surface area contributed by atoms with Crippen LogP contribution in [0.2, 0.25) is 0 Å². The van der Waals surface area contributed by atoms with Crippen LogP contribution >= 0.6 is 27.3 Å². The Morgan fingerprint density at radius 2 is 1.86 bits per heavy atom. The Bertz CT molecular complexity index is 1560. The van der Waals surface area contributed by atoms with Crippen LogP contribution in [0.15, 0.2) is 70.7 Å². The zero-order valence-electron chi connectivity index (χ0n) is 19.6. The molecule has 0 radical (unpaired) electrons. The number of methoxy groups -OCH3 is 2. The Hall–Kier alpha value is -3.69. The summed E-state index contributed by atoms with van der Waals surface area (Å²) in [5.74, 6) is -0.551. The second-order valence-corrected chi connectivity index (χ2v) is 10.1. The van der Waals surface area contributed by atoms with Crippen LogP contribution in [0.5, 0.6) is 11.5 Å². The first-order valence-corrected chi connectivity index (χ1v) is 12.6. The number of aromatic nitrogens is 1. The highest BCUT2D eigenvalue weighted by Crippen LogP contribution is 2.45. The topological polar surface area (TPSA) is 89.0 Å². The molecule has 0 spiro atoms. The number of halogens is 1. The summed E-state index contributed by atoms with van der Waals surface area (Å²) in [6, 6.07) is 17.1. The number of hydrogen-bond acceptors (Lipinski definition) is 7. The number of nitrogens with zero attached hydrogens (tertiary/aromatic N) is 2. The molecule has 0 saturated carbocycles. The zero-order valence-corrected chi connectivity index (χ0v) is 22.0. The highest BCUT2D eigenvalue weighted by Gasteiger charge is 2.48. The van der Waals surface area contributed by atoms with Crippen molar-refractivity contribution in [2.75, 3.05) is 19.1 Å². The van der Waals surface area contributed by atoms with E-state index < -0.39 is 17.7 Å². The predicted octanol–water partition coefficient (Wildman–Crippen LogP) is 6.01. The van der Waals surface area contributed by atoms with E-state index in [-0.39, 0.29) is 11.3 Å². The average Bonchev–Trinajstić information content (AvgIpc) is 3.41. The summed E-state index contributed by atoms with van der Waals surface area (Å²) in [4.78, 5) is 32.9. The molecule has 1 aliphatic heterocycles. The molecule has 1 amide bonds. The van der Waals surface area contributed by atoms with E-state index in [1.54, 1.807) is 37.4 Å². The molecule has 1 aromatic heterocycles. The number of rotatable bonds is 5. The Kier molecular flexibility index (Phi) is 6.27. The highest BCUT2D eigenvalue weighted by atomic mass is 79.9. The first-order valence-electron chi connectivity index (χ1n) is 11.0. The minimum atomic E-state index is -0.853. The summed E-state index contributed by atoms with van der Waals surface area (Å²) in [5, 5.41) is 11.7. The largest absolute Gasteiger partial charge is 0.507 e. The lowest BCUT2D eigenvalue weighted by Crippen LogP contribution is -2.29. The number of benzene rings is 3. The van der Waals surface area contributed by atoms with Gasteiger partial charge >= 0.3 is 5.91 Å². The third-order valence-electron chi connectivity index (χ3n) is 6.02. The van der Waals surface area contributed by atoms with Gasteiger partial charge in [0.2, 0.25) is 0 Å². The second kappa shape index (κ2) is 9.40. The number of carbonyl (C=O) groups is 2. The molecule has 0 aliphatic carbocycles. The van der Waals surface area contributed by atoms with E-state index in [1.165, 1.54) is 23.3 Å². The smallest absolute Gasteiger partial charge is 0.301 e. The van der Waals surface area contributed by atoms with Gasteiger partial charge in [0.1, 0.15) is 17.3 Å². The first-order chi connectivity index (χ1) is 17.3. The molecule has 1 atom stereocenters. The number of thiazole rings is 1. The van der Waals surface area contributed by atoms with E-state index in [1.807, 2.05) is 37.3 Å². The number of fused-ring (bicyclic) bond motifs is 1. The predicted molar refractivity (Wildman–Crippen MR) is 143 cm³/mol. The van der Waals surface area contributed by atoms with E-state index in [2.05, 4.69) is 20.9 Å². The standard InChI is InChI=1S/C27H21BrN2O5S/c1-14-5-4-6-15(11-14)23-22(24(31)16-7-10-20(35-3)18(28)12-16)25(32)26(33)30(23)27-29-19-9-8-17(34-2)13-21(19)36-27/h4-13,23,31H,1-3H3/b24-22+. The lowest BCUT2D eigenvalue weighted by molar-refractivity contribution is -0.132. The van der Waals surface area contributed by atoms with Gasteiger partial charge in [0.05, 0.1) is 40.5 Å². The number of aliphatic hydroxyl groups is 1. The zero-order chi connectivity index (χ0) is 25.6. The van der Waals surface area contributed by atoms with E-state index in [0.717, 1.165) is 10.3 Å². The van der Waals surface area contributed by atoms with Crippen molar-refractivity contribution in [1.82, 2.24) is 4.98 Å². The van der Waals surface area contributed by atoms with Crippen molar-refractivity contribution in [2.24, 2.45) is 0 Å². The Balaban J connectivity index is 1.72. The number of carbonyl (C=O) groups excluding carboxylic acids is 2. The first kappa shape index (κ1) is 24.0. The van der Waals surface area contributed by atoms with Crippen molar-refractivity contribution in [3.05, 3.63) is 87.4 Å². The molecule has 9 heteroatoms. The third-order valence-corrected chi connectivity index (χ3v) is 7.66. The van der Waals surface area contributed by atoms with Gasteiger partial charge in [0, 0.05) is 5.56 Å². The summed E-state index contributed by atoms with van der Waals surface area (Å²) in [6.07, 6.45) is 0. The fourth-order valence-electron chi connectivity index (χ4n) is 4.28. The molecule has 0 bridgehead atoms. The molecule has 5 rings (SSSR count). The number of ketones is 1. The summed E-state index contributed by atoms with van der Waals surface area (Å²) < 4.78 is 12.0. The Morgan fingerprint density at radius 3 is 2.56 bits per heavy atom. The number of Topliss-reactive ketones (excluding diaryl/α,β-unsaturated/α-hetero) is 1. The van der Waals surface area contributed by atoms with Gasteiger partial charge in [-0.2, -0.15) is 0 Å². The van der Waals surface area contributed by atoms with Gasteiger partial charge in [-0.15, -0.1) is 0 Å². The lowest BCUT2D eigenvalue weighted by Gasteiger charge is -2.23. The van der Waals surface area contributed by atoms with Crippen molar-refractivity contribution in [3.8, 4) is 11.5 Å². The van der Waals surface area contributed by atoms with E-state index in [0.29, 0.717) is 37.7 Å². The number of aliphatic hydroxyl groups excluding tert-OH is 1. The van der Waals surface area contributed by atoms with Gasteiger partial charge in [0.25, 0.3) is 5.78 Å². The van der Waals surface area contributed by atoms with Crippen LogP contribution in [0.4, 0.5) is 5.13 Å². The SMILES string of the molecule is COc1ccc2nc(N3C(=O)C(=O)/C(=C(/O)c4ccc(OC)c(Br)c4)C3c3cccc(C)c3)sc2c1. The molecule has 36 heavy (non-hydrogen) atoms. The Labute approximate surface area is 219 Å². The second-order valence-electron chi connectivity index (χ2n) is 8.26. The van der Waals surface area contributed by atoms with Crippen LogP contribution in [0.3, 0.4) is 0 Å². The summed E-state index contributed by atoms with van der Waals surface area (Å²) in [7, 11) is 3.12. The Morgan fingerprint density at radius 1 is 1.06 bits per heavy atom. The molecule has 1 aliphatic rings. The van der Waals surface area contributed by atoms with Crippen LogP contribution in [-0.2, 0) is 9.59 Å². The van der Waals surface area contributed by atoms with Crippen molar-refractivity contribution in [1.29, 1.82) is 0 Å². The third kappa shape index (κ3) is 4.04. The van der Waals surface area contributed by atoms with Crippen LogP contribution in [-0.4, -0.2) is 36.0 Å². The maximum atomic E-state index is 13.4. The number of hydrogen-bond donors (Lipinski definition) is 1. The highest BCUT2D eigenvalue weighted by molar-refractivity contribution is 9.10. The fraction of sp³-hybridized carbons (Fsp3) is 0.148. The molecule has 7 nitrogen and oxygen atoms in total. The van der Waals surface area contributed by atoms with Crippen LogP contribution < -0.4 is 14.4 Å². The van der Waals surface area contributed by atoms with Crippen LogP contribution in [0.1, 0.15) is 22.7 Å². The maximum absolute atomic E-state index is 13.4. The van der Waals surface area contributed by atoms with Gasteiger partial charge in [-0.25, -0.2) is 4.98 Å². The normalized spacial score (nSPS) is 17.1. The quantitative estimate of drug-likeness (QED) is 0.181. The molecule has 1 fully saturated rings. The van der Waals surface area contributed by atoms with Crippen molar-refractivity contribution in [3.63, 3.8) is 0 Å². The van der Waals surface area contributed by atoms with Gasteiger partial charge in [-0.3, -0.25) is 14.5 Å².